The molecule has 0 amide bonds. The van der Waals surface area contributed by atoms with E-state index in [0.29, 0.717) is 22.1 Å². The van der Waals surface area contributed by atoms with E-state index in [1.54, 1.807) is 34.5 Å². The molecule has 4 aromatic rings. The van der Waals surface area contributed by atoms with Crippen LogP contribution in [-0.4, -0.2) is 31.2 Å². The zero-order valence-corrected chi connectivity index (χ0v) is 17.0. The van der Waals surface area contributed by atoms with Crippen molar-refractivity contribution in [3.05, 3.63) is 45.7 Å². The Bertz CT molecular complexity index is 1250. The van der Waals surface area contributed by atoms with Gasteiger partial charge < -0.3 is 13.8 Å². The molecule has 8 nitrogen and oxygen atoms in total. The molecule has 146 valence electrons. The van der Waals surface area contributed by atoms with Crippen molar-refractivity contribution in [2.75, 3.05) is 7.11 Å². The lowest BCUT2D eigenvalue weighted by Crippen LogP contribution is -2.24. The number of aromatic nitrogens is 5. The summed E-state index contributed by atoms with van der Waals surface area (Å²) in [6.07, 6.45) is 1.58. The number of fused-ring (bicyclic) bond motifs is 3. The molecular weight excluding hydrogens is 382 g/mol. The second kappa shape index (κ2) is 6.42. The van der Waals surface area contributed by atoms with Gasteiger partial charge in [-0.05, 0) is 45.9 Å². The lowest BCUT2D eigenvalue weighted by Gasteiger charge is -2.17. The monoisotopic (exact) mass is 401 g/mol. The first kappa shape index (κ1) is 18.6. The summed E-state index contributed by atoms with van der Waals surface area (Å²) in [6.45, 7) is 7.55. The number of methoxy groups -OCH3 is 1. The van der Waals surface area contributed by atoms with E-state index in [0.717, 1.165) is 11.0 Å². The van der Waals surface area contributed by atoms with Gasteiger partial charge in [-0.3, -0.25) is 9.20 Å². The summed E-state index contributed by atoms with van der Waals surface area (Å²) >= 11 is 6.17. The van der Waals surface area contributed by atoms with Gasteiger partial charge in [-0.2, -0.15) is 4.98 Å². The molecule has 0 bridgehead atoms. The van der Waals surface area contributed by atoms with Crippen molar-refractivity contribution < 1.29 is 9.26 Å². The van der Waals surface area contributed by atoms with Crippen molar-refractivity contribution in [2.45, 2.75) is 39.3 Å². The van der Waals surface area contributed by atoms with Gasteiger partial charge >= 0.3 is 0 Å². The Morgan fingerprint density at radius 1 is 1.25 bits per heavy atom. The first-order chi connectivity index (χ1) is 13.2. The number of hydrogen-bond donors (Lipinski definition) is 0. The first-order valence-electron chi connectivity index (χ1n) is 8.85. The van der Waals surface area contributed by atoms with E-state index >= 15 is 0 Å². The van der Waals surface area contributed by atoms with Crippen molar-refractivity contribution in [2.24, 2.45) is 0 Å². The van der Waals surface area contributed by atoms with Crippen LogP contribution in [0.1, 0.15) is 39.6 Å². The van der Waals surface area contributed by atoms with E-state index in [1.807, 2.05) is 33.8 Å². The lowest BCUT2D eigenvalue weighted by molar-refractivity contribution is 0.00973. The van der Waals surface area contributed by atoms with Crippen LogP contribution in [-0.2, 0) is 10.3 Å². The van der Waals surface area contributed by atoms with Crippen LogP contribution in [0.25, 0.3) is 28.1 Å². The Balaban J connectivity index is 2.05. The van der Waals surface area contributed by atoms with E-state index in [9.17, 15) is 4.79 Å². The molecule has 4 rings (SSSR count). The van der Waals surface area contributed by atoms with Crippen LogP contribution in [0.5, 0.6) is 0 Å². The molecule has 0 spiro atoms. The highest BCUT2D eigenvalue weighted by Gasteiger charge is 2.28. The van der Waals surface area contributed by atoms with Gasteiger partial charge in [0.1, 0.15) is 17.4 Å². The van der Waals surface area contributed by atoms with Crippen molar-refractivity contribution in [3.63, 3.8) is 0 Å². The average Bonchev–Trinajstić information content (AvgIpc) is 3.29. The fraction of sp³-hybridized carbons (Fsp3) is 0.368. The number of hydrogen-bond acceptors (Lipinski definition) is 6. The topological polar surface area (TPSA) is 87.5 Å². The summed E-state index contributed by atoms with van der Waals surface area (Å²) in [7, 11) is 1.57. The fourth-order valence-electron chi connectivity index (χ4n) is 3.18. The summed E-state index contributed by atoms with van der Waals surface area (Å²) in [5.74, 6) is 0.547. The summed E-state index contributed by atoms with van der Waals surface area (Å²) in [6, 6.07) is 5.35. The van der Waals surface area contributed by atoms with Crippen LogP contribution in [0.2, 0.25) is 5.02 Å². The molecule has 3 heterocycles. The number of ether oxygens (including phenoxy) is 1. The van der Waals surface area contributed by atoms with Gasteiger partial charge in [0, 0.05) is 18.2 Å². The molecule has 0 atom stereocenters. The van der Waals surface area contributed by atoms with Crippen molar-refractivity contribution in [3.8, 4) is 11.6 Å². The molecule has 9 heteroatoms. The second-order valence-electron chi connectivity index (χ2n) is 7.35. The number of nitrogens with zero attached hydrogens (tertiary/aromatic N) is 5. The third-order valence-corrected chi connectivity index (χ3v) is 5.07. The van der Waals surface area contributed by atoms with E-state index in [2.05, 4.69) is 15.1 Å². The largest absolute Gasteiger partial charge is 0.371 e. The molecule has 0 N–H and O–H groups in total. The molecule has 0 unspecified atom stereocenters. The van der Waals surface area contributed by atoms with E-state index in [1.165, 1.54) is 0 Å². The smallest absolute Gasteiger partial charge is 0.279 e. The van der Waals surface area contributed by atoms with Crippen LogP contribution in [0.4, 0.5) is 0 Å². The SMILES string of the molecule is COC(C)(C)c1noc(-c2ncn3c2c(=O)n(C(C)C)c2cc(Cl)ccc23)n1. The van der Waals surface area contributed by atoms with Crippen LogP contribution in [0, 0.1) is 0 Å². The molecule has 28 heavy (non-hydrogen) atoms. The second-order valence-corrected chi connectivity index (χ2v) is 7.79. The van der Waals surface area contributed by atoms with Crippen LogP contribution in [0.3, 0.4) is 0 Å². The maximum atomic E-state index is 13.4. The highest BCUT2D eigenvalue weighted by molar-refractivity contribution is 6.31. The zero-order chi connectivity index (χ0) is 20.2. The van der Waals surface area contributed by atoms with Gasteiger partial charge in [0.15, 0.2) is 5.69 Å². The van der Waals surface area contributed by atoms with Gasteiger partial charge in [0.25, 0.3) is 11.4 Å². The van der Waals surface area contributed by atoms with Gasteiger partial charge in [-0.1, -0.05) is 16.8 Å². The highest BCUT2D eigenvalue weighted by atomic mass is 35.5. The minimum Gasteiger partial charge on any atom is -0.371 e. The lowest BCUT2D eigenvalue weighted by atomic mass is 10.1. The van der Waals surface area contributed by atoms with Gasteiger partial charge in [-0.15, -0.1) is 0 Å². The molecule has 0 fully saturated rings. The minimum atomic E-state index is -0.723. The maximum Gasteiger partial charge on any atom is 0.279 e. The molecule has 3 aromatic heterocycles. The van der Waals surface area contributed by atoms with E-state index < -0.39 is 5.60 Å². The molecule has 0 saturated heterocycles. The van der Waals surface area contributed by atoms with E-state index in [-0.39, 0.29) is 17.5 Å². The van der Waals surface area contributed by atoms with Crippen molar-refractivity contribution >= 4 is 28.2 Å². The molecule has 0 aliphatic carbocycles. The summed E-state index contributed by atoms with van der Waals surface area (Å²) in [4.78, 5) is 22.2. The van der Waals surface area contributed by atoms with Crippen molar-refractivity contribution in [1.29, 1.82) is 0 Å². The Morgan fingerprint density at radius 3 is 2.68 bits per heavy atom. The van der Waals surface area contributed by atoms with Gasteiger partial charge in [-0.25, -0.2) is 4.98 Å². The Hall–Kier alpha value is -2.71. The van der Waals surface area contributed by atoms with E-state index in [4.69, 9.17) is 20.9 Å². The Morgan fingerprint density at radius 2 is 2.00 bits per heavy atom. The molecular formula is C19H20ClN5O3. The number of rotatable bonds is 4. The third kappa shape index (κ3) is 2.71. The quantitative estimate of drug-likeness (QED) is 0.516. The third-order valence-electron chi connectivity index (χ3n) is 4.84. The van der Waals surface area contributed by atoms with Crippen LogP contribution >= 0.6 is 11.6 Å². The van der Waals surface area contributed by atoms with Crippen molar-refractivity contribution in [1.82, 2.24) is 24.1 Å². The summed E-state index contributed by atoms with van der Waals surface area (Å²) < 4.78 is 14.2. The summed E-state index contributed by atoms with van der Waals surface area (Å²) in [5, 5.41) is 4.56. The molecule has 0 saturated carbocycles. The maximum absolute atomic E-state index is 13.4. The van der Waals surface area contributed by atoms with Gasteiger partial charge in [0.05, 0.1) is 11.0 Å². The highest BCUT2D eigenvalue weighted by Crippen LogP contribution is 2.28. The normalized spacial score (nSPS) is 12.5. The zero-order valence-electron chi connectivity index (χ0n) is 16.2. The predicted molar refractivity (Wildman–Crippen MR) is 106 cm³/mol. The Labute approximate surface area is 165 Å². The number of imidazole rings is 1. The molecule has 0 radical (unpaired) electrons. The average molecular weight is 402 g/mol. The standard InChI is InChI=1S/C19H20ClN5O3/c1-10(2)25-13-8-11(20)6-7-12(13)24-9-21-14(15(24)17(25)26)16-22-18(23-28-16)19(3,4)27-5/h6-10H,1-5H3. The fourth-order valence-corrected chi connectivity index (χ4v) is 3.34. The molecule has 0 aliphatic rings. The Kier molecular flexibility index (Phi) is 4.28. The number of benzene rings is 1. The van der Waals surface area contributed by atoms with Crippen LogP contribution in [0.15, 0.2) is 33.8 Å². The summed E-state index contributed by atoms with van der Waals surface area (Å²) in [5.41, 5.74) is 1.32. The van der Waals surface area contributed by atoms with Crippen LogP contribution < -0.4 is 5.56 Å². The molecule has 0 aliphatic heterocycles. The molecule has 1 aromatic carbocycles. The van der Waals surface area contributed by atoms with Gasteiger partial charge in [0.2, 0.25) is 5.82 Å². The first-order valence-corrected chi connectivity index (χ1v) is 9.23. The number of halogens is 1. The predicted octanol–water partition coefficient (Wildman–Crippen LogP) is 3.82. The minimum absolute atomic E-state index is 0.0770.